The van der Waals surface area contributed by atoms with E-state index in [1.807, 2.05) is 0 Å². The van der Waals surface area contributed by atoms with E-state index in [0.717, 1.165) is 0 Å². The molecule has 0 radical (unpaired) electrons. The third-order valence-electron chi connectivity index (χ3n) is 2.35. The van der Waals surface area contributed by atoms with Crippen LogP contribution in [0.15, 0.2) is 24.3 Å². The van der Waals surface area contributed by atoms with Crippen LogP contribution in [0.4, 0.5) is 0 Å². The number of hydrogen-bond donors (Lipinski definition) is 4. The lowest BCUT2D eigenvalue weighted by Gasteiger charge is -2.20. The van der Waals surface area contributed by atoms with Crippen LogP contribution in [0.2, 0.25) is 0 Å². The standard InChI is InChI=1S/C12H12O8/c13-7-1-3-8(4-2-7)20-10(16)6-12(19,11(17)18)5-9(14)15/h1-4,13,19H,5-6H2,(H,14,15)(H,17,18). The zero-order valence-electron chi connectivity index (χ0n) is 10.1. The third kappa shape index (κ3) is 4.25. The molecular formula is C12H12O8. The van der Waals surface area contributed by atoms with Crippen molar-refractivity contribution in [3.63, 3.8) is 0 Å². The molecule has 0 aromatic heterocycles. The van der Waals surface area contributed by atoms with E-state index in [1.165, 1.54) is 24.3 Å². The van der Waals surface area contributed by atoms with Crippen LogP contribution in [0.25, 0.3) is 0 Å². The maximum absolute atomic E-state index is 11.5. The van der Waals surface area contributed by atoms with Gasteiger partial charge in [-0.15, -0.1) is 0 Å². The lowest BCUT2D eigenvalue weighted by molar-refractivity contribution is -0.169. The average Bonchev–Trinajstić information content (AvgIpc) is 2.30. The Kier molecular flexibility index (Phi) is 4.65. The number of ether oxygens (including phenoxy) is 1. The number of phenols is 1. The van der Waals surface area contributed by atoms with Gasteiger partial charge in [0.1, 0.15) is 11.5 Å². The van der Waals surface area contributed by atoms with E-state index in [2.05, 4.69) is 0 Å². The van der Waals surface area contributed by atoms with Gasteiger partial charge in [-0.3, -0.25) is 9.59 Å². The Hall–Kier alpha value is -2.61. The Balaban J connectivity index is 2.74. The molecule has 0 fully saturated rings. The number of aliphatic hydroxyl groups is 1. The van der Waals surface area contributed by atoms with Crippen LogP contribution < -0.4 is 4.74 Å². The third-order valence-corrected chi connectivity index (χ3v) is 2.35. The van der Waals surface area contributed by atoms with Crippen molar-refractivity contribution in [2.24, 2.45) is 0 Å². The second kappa shape index (κ2) is 6.02. The van der Waals surface area contributed by atoms with Crippen LogP contribution in [0.3, 0.4) is 0 Å². The van der Waals surface area contributed by atoms with E-state index in [-0.39, 0.29) is 11.5 Å². The summed E-state index contributed by atoms with van der Waals surface area (Å²) in [6.45, 7) is 0. The second-order valence-electron chi connectivity index (χ2n) is 4.05. The maximum atomic E-state index is 11.5. The van der Waals surface area contributed by atoms with E-state index in [4.69, 9.17) is 20.1 Å². The minimum absolute atomic E-state index is 0.0239. The van der Waals surface area contributed by atoms with Crippen LogP contribution in [0.5, 0.6) is 11.5 Å². The van der Waals surface area contributed by atoms with Gasteiger partial charge >= 0.3 is 17.9 Å². The molecule has 8 heteroatoms. The monoisotopic (exact) mass is 284 g/mol. The number of phenolic OH excluding ortho intramolecular Hbond substituents is 1. The van der Waals surface area contributed by atoms with E-state index >= 15 is 0 Å². The van der Waals surface area contributed by atoms with Gasteiger partial charge in [-0.25, -0.2) is 4.79 Å². The zero-order valence-corrected chi connectivity index (χ0v) is 10.1. The first-order valence-corrected chi connectivity index (χ1v) is 5.40. The molecule has 1 rings (SSSR count). The first-order valence-electron chi connectivity index (χ1n) is 5.40. The maximum Gasteiger partial charge on any atom is 0.336 e. The van der Waals surface area contributed by atoms with Crippen molar-refractivity contribution in [3.8, 4) is 11.5 Å². The predicted molar refractivity (Wildman–Crippen MR) is 63.2 cm³/mol. The van der Waals surface area contributed by atoms with E-state index in [9.17, 15) is 19.5 Å². The molecule has 20 heavy (non-hydrogen) atoms. The van der Waals surface area contributed by atoms with E-state index in [1.54, 1.807) is 0 Å². The van der Waals surface area contributed by atoms with Crippen molar-refractivity contribution in [2.45, 2.75) is 18.4 Å². The average molecular weight is 284 g/mol. The second-order valence-corrected chi connectivity index (χ2v) is 4.05. The van der Waals surface area contributed by atoms with Crippen molar-refractivity contribution >= 4 is 17.9 Å². The Bertz CT molecular complexity index is 521. The number of hydrogen-bond acceptors (Lipinski definition) is 6. The summed E-state index contributed by atoms with van der Waals surface area (Å²) in [6.07, 6.45) is -2.15. The Labute approximate surface area is 112 Å². The highest BCUT2D eigenvalue weighted by Gasteiger charge is 2.41. The summed E-state index contributed by atoms with van der Waals surface area (Å²) in [7, 11) is 0. The quantitative estimate of drug-likeness (QED) is 0.421. The van der Waals surface area contributed by atoms with Gasteiger partial charge in [0.2, 0.25) is 0 Å². The van der Waals surface area contributed by atoms with Crippen molar-refractivity contribution in [1.82, 2.24) is 0 Å². The minimum Gasteiger partial charge on any atom is -0.508 e. The van der Waals surface area contributed by atoms with Crippen molar-refractivity contribution in [3.05, 3.63) is 24.3 Å². The smallest absolute Gasteiger partial charge is 0.336 e. The molecule has 0 saturated heterocycles. The SMILES string of the molecule is O=C(O)CC(O)(CC(=O)Oc1ccc(O)cc1)C(=O)O. The molecule has 0 spiro atoms. The summed E-state index contributed by atoms with van der Waals surface area (Å²) in [5, 5.41) is 36.0. The summed E-state index contributed by atoms with van der Waals surface area (Å²) in [5.74, 6) is -4.54. The molecule has 108 valence electrons. The molecule has 8 nitrogen and oxygen atoms in total. The minimum atomic E-state index is -2.74. The van der Waals surface area contributed by atoms with Crippen molar-refractivity contribution in [2.75, 3.05) is 0 Å². The number of carbonyl (C=O) groups excluding carboxylic acids is 1. The number of rotatable bonds is 6. The lowest BCUT2D eigenvalue weighted by Crippen LogP contribution is -2.43. The van der Waals surface area contributed by atoms with Gasteiger partial charge in [-0.2, -0.15) is 0 Å². The summed E-state index contributed by atoms with van der Waals surface area (Å²) in [4.78, 5) is 32.8. The summed E-state index contributed by atoms with van der Waals surface area (Å²) < 4.78 is 4.73. The molecule has 0 bridgehead atoms. The zero-order chi connectivity index (χ0) is 15.3. The van der Waals surface area contributed by atoms with Gasteiger partial charge in [0.25, 0.3) is 0 Å². The molecule has 0 saturated carbocycles. The van der Waals surface area contributed by atoms with Gasteiger partial charge in [-0.05, 0) is 24.3 Å². The number of aliphatic carboxylic acids is 2. The molecule has 1 unspecified atom stereocenters. The molecule has 4 N–H and O–H groups in total. The van der Waals surface area contributed by atoms with Crippen LogP contribution in [-0.4, -0.2) is 43.9 Å². The molecular weight excluding hydrogens is 272 g/mol. The number of aromatic hydroxyl groups is 1. The molecule has 1 atom stereocenters. The van der Waals surface area contributed by atoms with Gasteiger partial charge in [0.05, 0.1) is 12.8 Å². The van der Waals surface area contributed by atoms with Crippen LogP contribution >= 0.6 is 0 Å². The highest BCUT2D eigenvalue weighted by Crippen LogP contribution is 2.20. The fourth-order valence-electron chi connectivity index (χ4n) is 1.38. The molecule has 0 aliphatic carbocycles. The fraction of sp³-hybridized carbons (Fsp3) is 0.250. The first kappa shape index (κ1) is 15.4. The number of carboxylic acids is 2. The highest BCUT2D eigenvalue weighted by molar-refractivity contribution is 5.89. The molecule has 0 heterocycles. The number of benzene rings is 1. The largest absolute Gasteiger partial charge is 0.508 e. The Morgan fingerprint density at radius 3 is 2.05 bits per heavy atom. The van der Waals surface area contributed by atoms with Gasteiger partial charge in [0.15, 0.2) is 5.60 Å². The molecule has 0 amide bonds. The molecule has 1 aromatic carbocycles. The van der Waals surface area contributed by atoms with Crippen molar-refractivity contribution in [1.29, 1.82) is 0 Å². The van der Waals surface area contributed by atoms with Gasteiger partial charge in [0, 0.05) is 0 Å². The van der Waals surface area contributed by atoms with E-state index in [0.29, 0.717) is 0 Å². The first-order chi connectivity index (χ1) is 9.23. The topological polar surface area (TPSA) is 141 Å². The molecule has 1 aromatic rings. The van der Waals surface area contributed by atoms with E-state index < -0.39 is 36.4 Å². The Morgan fingerprint density at radius 1 is 1.05 bits per heavy atom. The number of carboxylic acid groups (broad SMARTS) is 2. The highest BCUT2D eigenvalue weighted by atomic mass is 16.5. The Morgan fingerprint density at radius 2 is 1.60 bits per heavy atom. The molecule has 0 aliphatic heterocycles. The van der Waals surface area contributed by atoms with Gasteiger partial charge < -0.3 is 25.2 Å². The number of carbonyl (C=O) groups is 3. The summed E-state index contributed by atoms with van der Waals surface area (Å²) in [6, 6.07) is 4.99. The van der Waals surface area contributed by atoms with Crippen LogP contribution in [0.1, 0.15) is 12.8 Å². The molecule has 0 aliphatic rings. The normalized spacial score (nSPS) is 13.2. The summed E-state index contributed by atoms with van der Waals surface area (Å²) >= 11 is 0. The van der Waals surface area contributed by atoms with Crippen LogP contribution in [-0.2, 0) is 14.4 Å². The van der Waals surface area contributed by atoms with Crippen LogP contribution in [0, 0.1) is 0 Å². The predicted octanol–water partition coefficient (Wildman–Crippen LogP) is -0.0219. The summed E-state index contributed by atoms with van der Waals surface area (Å²) in [5.41, 5.74) is -2.74. The number of esters is 1. The lowest BCUT2D eigenvalue weighted by atomic mass is 9.96. The fourth-order valence-corrected chi connectivity index (χ4v) is 1.38. The van der Waals surface area contributed by atoms with Gasteiger partial charge in [-0.1, -0.05) is 0 Å². The van der Waals surface area contributed by atoms with Crippen molar-refractivity contribution < 1.29 is 39.5 Å².